The van der Waals surface area contributed by atoms with Crippen molar-refractivity contribution < 1.29 is 9.53 Å². The second kappa shape index (κ2) is 10.4. The molecule has 1 aromatic carbocycles. The number of carbonyl (C=O) groups is 1. The number of anilines is 2. The molecule has 10 heteroatoms. The Balaban J connectivity index is 1.52. The quantitative estimate of drug-likeness (QED) is 0.391. The number of hydrogen-bond acceptors (Lipinski definition) is 8. The zero-order valence-electron chi connectivity index (χ0n) is 18.3. The van der Waals surface area contributed by atoms with E-state index in [1.165, 1.54) is 29.5 Å². The van der Waals surface area contributed by atoms with Crippen molar-refractivity contribution in [2.75, 3.05) is 36.2 Å². The van der Waals surface area contributed by atoms with Crippen LogP contribution in [0.1, 0.15) is 32.6 Å². The van der Waals surface area contributed by atoms with Crippen LogP contribution in [0.3, 0.4) is 0 Å². The molecule has 0 bridgehead atoms. The van der Waals surface area contributed by atoms with Crippen molar-refractivity contribution in [3.8, 4) is 5.75 Å². The number of amides is 1. The summed E-state index contributed by atoms with van der Waals surface area (Å²) in [4.78, 5) is 37.2. The molecule has 0 saturated carbocycles. The summed E-state index contributed by atoms with van der Waals surface area (Å²) in [6.45, 7) is 4.51. The number of hydrogen-bond donors (Lipinski definition) is 1. The third-order valence-corrected chi connectivity index (χ3v) is 7.32. The Hall–Kier alpha value is -2.59. The predicted molar refractivity (Wildman–Crippen MR) is 130 cm³/mol. The Kier molecular flexibility index (Phi) is 7.31. The van der Waals surface area contributed by atoms with Crippen LogP contribution in [0.4, 0.5) is 10.8 Å². The highest BCUT2D eigenvalue weighted by atomic mass is 32.2. The number of methoxy groups -OCH3 is 1. The monoisotopic (exact) mass is 473 g/mol. The molecule has 1 amide bonds. The number of nitrogens with one attached hydrogen (secondary N) is 1. The molecule has 1 N–H and O–H groups in total. The van der Waals surface area contributed by atoms with E-state index in [-0.39, 0.29) is 17.2 Å². The molecule has 170 valence electrons. The molecule has 32 heavy (non-hydrogen) atoms. The van der Waals surface area contributed by atoms with Gasteiger partial charge in [0.25, 0.3) is 5.56 Å². The summed E-state index contributed by atoms with van der Waals surface area (Å²) in [5, 5.41) is 4.26. The van der Waals surface area contributed by atoms with Crippen LogP contribution in [-0.2, 0) is 11.3 Å². The summed E-state index contributed by atoms with van der Waals surface area (Å²) in [5.74, 6) is 0.715. The highest BCUT2D eigenvalue weighted by Gasteiger charge is 2.20. The van der Waals surface area contributed by atoms with Crippen LogP contribution in [-0.4, -0.2) is 46.4 Å². The van der Waals surface area contributed by atoms with E-state index in [1.807, 2.05) is 6.92 Å². The molecule has 0 spiro atoms. The highest BCUT2D eigenvalue weighted by molar-refractivity contribution is 7.99. The van der Waals surface area contributed by atoms with Gasteiger partial charge in [-0.05, 0) is 49.9 Å². The van der Waals surface area contributed by atoms with Gasteiger partial charge in [-0.15, -0.1) is 0 Å². The molecular weight excluding hydrogens is 446 g/mol. The molecule has 2 aromatic heterocycles. The summed E-state index contributed by atoms with van der Waals surface area (Å²) in [6.07, 6.45) is 4.33. The first-order valence-electron chi connectivity index (χ1n) is 10.8. The average molecular weight is 474 g/mol. The number of ether oxygens (including phenoxy) is 1. The first kappa shape index (κ1) is 22.6. The van der Waals surface area contributed by atoms with E-state index < -0.39 is 0 Å². The largest absolute Gasteiger partial charge is 0.497 e. The molecule has 3 aromatic rings. The lowest BCUT2D eigenvalue weighted by Gasteiger charge is -2.25. The van der Waals surface area contributed by atoms with Gasteiger partial charge in [-0.1, -0.05) is 30.0 Å². The maximum Gasteiger partial charge on any atom is 0.273 e. The van der Waals surface area contributed by atoms with E-state index in [4.69, 9.17) is 4.74 Å². The lowest BCUT2D eigenvalue weighted by Crippen LogP contribution is -2.29. The summed E-state index contributed by atoms with van der Waals surface area (Å²) < 4.78 is 7.40. The topological polar surface area (TPSA) is 89.3 Å². The highest BCUT2D eigenvalue weighted by Crippen LogP contribution is 2.29. The third-order valence-electron chi connectivity index (χ3n) is 5.25. The van der Waals surface area contributed by atoms with Crippen LogP contribution in [0.5, 0.6) is 5.75 Å². The fraction of sp³-hybridized carbons (Fsp3) is 0.455. The number of fused-ring (bicyclic) bond motifs is 1. The molecule has 0 aliphatic carbocycles. The Bertz CT molecular complexity index is 1140. The van der Waals surface area contributed by atoms with Crippen LogP contribution in [0, 0.1) is 0 Å². The average Bonchev–Trinajstić information content (AvgIpc) is 3.25. The number of aromatic nitrogens is 3. The number of thioether (sulfide) groups is 1. The van der Waals surface area contributed by atoms with Gasteiger partial charge in [-0.25, -0.2) is 4.98 Å². The van der Waals surface area contributed by atoms with Crippen LogP contribution < -0.4 is 20.5 Å². The lowest BCUT2D eigenvalue weighted by atomic mass is 10.1. The number of thiazole rings is 1. The maximum absolute atomic E-state index is 13.2. The number of rotatable bonds is 8. The number of piperidine rings is 1. The molecule has 1 aliphatic heterocycles. The van der Waals surface area contributed by atoms with Gasteiger partial charge in [0, 0.05) is 25.3 Å². The van der Waals surface area contributed by atoms with E-state index in [2.05, 4.69) is 20.2 Å². The van der Waals surface area contributed by atoms with E-state index in [9.17, 15) is 9.59 Å². The molecule has 1 saturated heterocycles. The van der Waals surface area contributed by atoms with Crippen LogP contribution in [0.15, 0.2) is 34.2 Å². The van der Waals surface area contributed by atoms with Gasteiger partial charge in [0.2, 0.25) is 5.91 Å². The van der Waals surface area contributed by atoms with Gasteiger partial charge in [0.15, 0.2) is 15.9 Å². The minimum atomic E-state index is -0.162. The molecule has 0 radical (unpaired) electrons. The van der Waals surface area contributed by atoms with Crippen molar-refractivity contribution in [2.45, 2.75) is 44.3 Å². The first-order chi connectivity index (χ1) is 15.6. The molecule has 8 nitrogen and oxygen atoms in total. The fourth-order valence-corrected chi connectivity index (χ4v) is 5.45. The van der Waals surface area contributed by atoms with Crippen molar-refractivity contribution in [2.24, 2.45) is 0 Å². The van der Waals surface area contributed by atoms with E-state index >= 15 is 0 Å². The molecule has 1 fully saturated rings. The number of nitrogens with zero attached hydrogens (tertiary/aromatic N) is 4. The molecule has 0 atom stereocenters. The van der Waals surface area contributed by atoms with Crippen molar-refractivity contribution in [1.82, 2.24) is 14.5 Å². The van der Waals surface area contributed by atoms with Crippen LogP contribution in [0.25, 0.3) is 10.3 Å². The van der Waals surface area contributed by atoms with Gasteiger partial charge in [0.05, 0.1) is 12.9 Å². The number of benzene rings is 1. The Morgan fingerprint density at radius 2 is 1.94 bits per heavy atom. The minimum Gasteiger partial charge on any atom is -0.497 e. The predicted octanol–water partition coefficient (Wildman–Crippen LogP) is 3.99. The zero-order valence-corrected chi connectivity index (χ0v) is 19.9. The van der Waals surface area contributed by atoms with E-state index in [0.29, 0.717) is 27.7 Å². The molecular formula is C22H27N5O3S2. The van der Waals surface area contributed by atoms with Gasteiger partial charge < -0.3 is 15.0 Å². The van der Waals surface area contributed by atoms with Gasteiger partial charge in [0.1, 0.15) is 10.4 Å². The van der Waals surface area contributed by atoms with Gasteiger partial charge >= 0.3 is 0 Å². The van der Waals surface area contributed by atoms with Crippen molar-refractivity contribution in [3.05, 3.63) is 34.6 Å². The molecule has 0 unspecified atom stereocenters. The summed E-state index contributed by atoms with van der Waals surface area (Å²) in [6, 6.07) is 7.16. The smallest absolute Gasteiger partial charge is 0.273 e. The van der Waals surface area contributed by atoms with Gasteiger partial charge in [-0.2, -0.15) is 4.98 Å². The summed E-state index contributed by atoms with van der Waals surface area (Å²) in [5.41, 5.74) is 1.10. The molecule has 1 aliphatic rings. The molecule has 3 heterocycles. The van der Waals surface area contributed by atoms with Gasteiger partial charge in [-0.3, -0.25) is 14.2 Å². The summed E-state index contributed by atoms with van der Waals surface area (Å²) >= 11 is 2.69. The lowest BCUT2D eigenvalue weighted by molar-refractivity contribution is -0.113. The summed E-state index contributed by atoms with van der Waals surface area (Å²) in [7, 11) is 1.60. The van der Waals surface area contributed by atoms with Crippen LogP contribution in [0.2, 0.25) is 0 Å². The fourth-order valence-electron chi connectivity index (χ4n) is 3.63. The van der Waals surface area contributed by atoms with E-state index in [0.717, 1.165) is 43.2 Å². The van der Waals surface area contributed by atoms with Crippen LogP contribution >= 0.6 is 23.1 Å². The maximum atomic E-state index is 13.2. The Morgan fingerprint density at radius 3 is 2.62 bits per heavy atom. The SMILES string of the molecule is CCCn1c(SCC(=O)Nc2ccc(OC)cc2)nc2nc(N3CCCCC3)sc2c1=O. The second-order valence-corrected chi connectivity index (χ2v) is 9.53. The second-order valence-electron chi connectivity index (χ2n) is 7.61. The number of carbonyl (C=O) groups excluding carboxylic acids is 1. The third kappa shape index (κ3) is 5.07. The van der Waals surface area contributed by atoms with Crippen molar-refractivity contribution in [3.63, 3.8) is 0 Å². The molecule has 4 rings (SSSR count). The van der Waals surface area contributed by atoms with E-state index in [1.54, 1.807) is 35.9 Å². The standard InChI is InChI=1S/C22H27N5O3S2/c1-3-11-27-20(29)18-19(24-21(32-18)26-12-5-4-6-13-26)25-22(27)31-14-17(28)23-15-7-9-16(30-2)10-8-15/h7-10H,3-6,11-14H2,1-2H3,(H,23,28). The van der Waals surface area contributed by atoms with Crippen molar-refractivity contribution >= 4 is 50.2 Å². The van der Waals surface area contributed by atoms with Crippen molar-refractivity contribution in [1.29, 1.82) is 0 Å². The minimum absolute atomic E-state index is 0.0735. The first-order valence-corrected chi connectivity index (χ1v) is 12.6. The Labute approximate surface area is 195 Å². The Morgan fingerprint density at radius 1 is 1.19 bits per heavy atom. The zero-order chi connectivity index (χ0) is 22.5. The normalized spacial score (nSPS) is 14.0.